The number of thiazole rings is 1. The van der Waals surface area contributed by atoms with Gasteiger partial charge in [0, 0.05) is 36.4 Å². The Morgan fingerprint density at radius 1 is 1.45 bits per heavy atom. The molecule has 2 aromatic heterocycles. The molecule has 2 N–H and O–H groups in total. The zero-order valence-corrected chi connectivity index (χ0v) is 14.4. The molecule has 2 aromatic rings. The second-order valence-corrected chi connectivity index (χ2v) is 6.05. The van der Waals surface area contributed by atoms with Gasteiger partial charge in [-0.05, 0) is 39.7 Å². The number of nitrogens with one attached hydrogen (secondary N) is 2. The molecule has 0 aliphatic carbocycles. The maximum Gasteiger partial charge on any atom is 0.183 e. The van der Waals surface area contributed by atoms with Gasteiger partial charge >= 0.3 is 0 Å². The fourth-order valence-electron chi connectivity index (χ4n) is 2.52. The number of hydrogen-bond acceptors (Lipinski definition) is 5. The van der Waals surface area contributed by atoms with E-state index in [2.05, 4.69) is 15.3 Å². The maximum atomic E-state index is 11.7. The summed E-state index contributed by atoms with van der Waals surface area (Å²) < 4.78 is 5.31. The molecule has 0 aromatic carbocycles. The van der Waals surface area contributed by atoms with E-state index in [9.17, 15) is 4.79 Å². The normalized spacial score (nSPS) is 10.9. The van der Waals surface area contributed by atoms with Gasteiger partial charge in [0.2, 0.25) is 0 Å². The number of carbonyl (C=O) groups is 1. The lowest BCUT2D eigenvalue weighted by molar-refractivity contribution is 0.101. The number of H-pyrrole nitrogens is 1. The van der Waals surface area contributed by atoms with Crippen molar-refractivity contribution >= 4 is 22.3 Å². The molecule has 0 saturated carbocycles. The number of ether oxygens (including phenoxy) is 1. The van der Waals surface area contributed by atoms with Gasteiger partial charge in [-0.15, -0.1) is 11.3 Å². The van der Waals surface area contributed by atoms with E-state index in [4.69, 9.17) is 4.74 Å². The highest BCUT2D eigenvalue weighted by molar-refractivity contribution is 7.14. The van der Waals surface area contributed by atoms with Crippen LogP contribution in [-0.4, -0.2) is 35.5 Å². The van der Waals surface area contributed by atoms with Gasteiger partial charge in [0.25, 0.3) is 0 Å². The molecule has 0 fully saturated rings. The molecule has 0 saturated heterocycles. The van der Waals surface area contributed by atoms with Crippen LogP contribution < -0.4 is 5.32 Å². The van der Waals surface area contributed by atoms with E-state index in [0.29, 0.717) is 0 Å². The van der Waals surface area contributed by atoms with Gasteiger partial charge in [0.05, 0.1) is 5.69 Å². The number of aryl methyl sites for hydroxylation is 1. The molecule has 0 unspecified atom stereocenters. The summed E-state index contributed by atoms with van der Waals surface area (Å²) >= 11 is 1.57. The van der Waals surface area contributed by atoms with E-state index in [0.717, 1.165) is 59.5 Å². The number of hydrogen-bond donors (Lipinski definition) is 2. The Morgan fingerprint density at radius 2 is 2.23 bits per heavy atom. The summed E-state index contributed by atoms with van der Waals surface area (Å²) in [5, 5.41) is 6.20. The number of aromatic nitrogens is 2. The number of ketones is 1. The standard InChI is InChI=1S/C16H23N3O2S/c1-5-21-8-6-7-17-16-19-13(9-22-16)15-10(2)14(12(4)20)11(3)18-15/h9,18H,5-8H2,1-4H3,(H,17,19). The van der Waals surface area contributed by atoms with Gasteiger partial charge in [0.1, 0.15) is 5.69 Å². The van der Waals surface area contributed by atoms with Crippen LogP contribution in [0.15, 0.2) is 5.38 Å². The lowest BCUT2D eigenvalue weighted by Crippen LogP contribution is -2.05. The van der Waals surface area contributed by atoms with E-state index in [1.807, 2.05) is 26.2 Å². The van der Waals surface area contributed by atoms with Crippen LogP contribution >= 0.6 is 11.3 Å². The summed E-state index contributed by atoms with van der Waals surface area (Å²) in [4.78, 5) is 19.6. The molecule has 22 heavy (non-hydrogen) atoms. The fourth-order valence-corrected chi connectivity index (χ4v) is 3.25. The summed E-state index contributed by atoms with van der Waals surface area (Å²) in [6, 6.07) is 0. The quantitative estimate of drug-likeness (QED) is 0.573. The molecule has 0 bridgehead atoms. The Hall–Kier alpha value is -1.66. The van der Waals surface area contributed by atoms with Gasteiger partial charge < -0.3 is 15.0 Å². The monoisotopic (exact) mass is 321 g/mol. The minimum atomic E-state index is 0.0852. The van der Waals surface area contributed by atoms with Crippen LogP contribution in [0.3, 0.4) is 0 Å². The average Bonchev–Trinajstić information content (AvgIpc) is 3.03. The first kappa shape index (κ1) is 16.7. The lowest BCUT2D eigenvalue weighted by atomic mass is 10.1. The maximum absolute atomic E-state index is 11.7. The number of nitrogens with zero attached hydrogens (tertiary/aromatic N) is 1. The van der Waals surface area contributed by atoms with Crippen LogP contribution in [0, 0.1) is 13.8 Å². The number of anilines is 1. The van der Waals surface area contributed by atoms with Gasteiger partial charge in [-0.2, -0.15) is 0 Å². The van der Waals surface area contributed by atoms with E-state index in [-0.39, 0.29) is 5.78 Å². The number of aromatic amines is 1. The Labute approximate surface area is 135 Å². The zero-order valence-electron chi connectivity index (χ0n) is 13.6. The van der Waals surface area contributed by atoms with E-state index < -0.39 is 0 Å². The molecule has 0 radical (unpaired) electrons. The lowest BCUT2D eigenvalue weighted by Gasteiger charge is -2.02. The minimum Gasteiger partial charge on any atom is -0.382 e. The molecular formula is C16H23N3O2S. The topological polar surface area (TPSA) is 67.0 Å². The van der Waals surface area contributed by atoms with Crippen molar-refractivity contribution in [2.24, 2.45) is 0 Å². The first-order chi connectivity index (χ1) is 10.5. The van der Waals surface area contributed by atoms with Crippen molar-refractivity contribution in [1.82, 2.24) is 9.97 Å². The van der Waals surface area contributed by atoms with Gasteiger partial charge in [-0.3, -0.25) is 4.79 Å². The highest BCUT2D eigenvalue weighted by atomic mass is 32.1. The molecule has 120 valence electrons. The average molecular weight is 321 g/mol. The van der Waals surface area contributed by atoms with E-state index in [1.165, 1.54) is 0 Å². The summed E-state index contributed by atoms with van der Waals surface area (Å²) in [5.41, 5.74) is 4.46. The Morgan fingerprint density at radius 3 is 2.86 bits per heavy atom. The molecule has 6 heteroatoms. The smallest absolute Gasteiger partial charge is 0.183 e. The second kappa shape index (κ2) is 7.56. The molecule has 0 spiro atoms. The van der Waals surface area contributed by atoms with Crippen LogP contribution in [0.4, 0.5) is 5.13 Å². The van der Waals surface area contributed by atoms with Crippen LogP contribution in [0.1, 0.15) is 41.9 Å². The summed E-state index contributed by atoms with van der Waals surface area (Å²) in [6.07, 6.45) is 0.956. The molecule has 0 amide bonds. The van der Waals surface area contributed by atoms with Crippen molar-refractivity contribution in [3.8, 4) is 11.4 Å². The molecule has 2 rings (SSSR count). The van der Waals surface area contributed by atoms with Crippen LogP contribution in [0.2, 0.25) is 0 Å². The van der Waals surface area contributed by atoms with Crippen molar-refractivity contribution in [3.63, 3.8) is 0 Å². The van der Waals surface area contributed by atoms with Crippen LogP contribution in [-0.2, 0) is 4.74 Å². The fraction of sp³-hybridized carbons (Fsp3) is 0.500. The number of Topliss-reactive ketones (excluding diaryl/α,β-unsaturated/α-hetero) is 1. The summed E-state index contributed by atoms with van der Waals surface area (Å²) in [6.45, 7) is 9.84. The number of carbonyl (C=O) groups excluding carboxylic acids is 1. The second-order valence-electron chi connectivity index (χ2n) is 5.20. The Kier molecular flexibility index (Phi) is 5.74. The zero-order chi connectivity index (χ0) is 16.1. The van der Waals surface area contributed by atoms with E-state index in [1.54, 1.807) is 18.3 Å². The molecule has 0 atom stereocenters. The van der Waals surface area contributed by atoms with Crippen molar-refractivity contribution in [2.75, 3.05) is 25.1 Å². The third-order valence-corrected chi connectivity index (χ3v) is 4.30. The SMILES string of the molecule is CCOCCCNc1nc(-c2[nH]c(C)c(C(C)=O)c2C)cs1. The Balaban J connectivity index is 2.05. The molecule has 0 aliphatic rings. The molecular weight excluding hydrogens is 298 g/mol. The third-order valence-electron chi connectivity index (χ3n) is 3.50. The molecule has 5 nitrogen and oxygen atoms in total. The van der Waals surface area contributed by atoms with Crippen LogP contribution in [0.25, 0.3) is 11.4 Å². The third kappa shape index (κ3) is 3.75. The first-order valence-corrected chi connectivity index (χ1v) is 8.40. The van der Waals surface area contributed by atoms with Crippen molar-refractivity contribution in [1.29, 1.82) is 0 Å². The Bertz CT molecular complexity index is 646. The molecule has 2 heterocycles. The summed E-state index contributed by atoms with van der Waals surface area (Å²) in [7, 11) is 0. The summed E-state index contributed by atoms with van der Waals surface area (Å²) in [5.74, 6) is 0.0852. The number of rotatable bonds is 8. The van der Waals surface area contributed by atoms with Gasteiger partial charge in [-0.25, -0.2) is 4.98 Å². The minimum absolute atomic E-state index is 0.0852. The van der Waals surface area contributed by atoms with Crippen molar-refractivity contribution in [3.05, 3.63) is 22.2 Å². The van der Waals surface area contributed by atoms with E-state index >= 15 is 0 Å². The van der Waals surface area contributed by atoms with Crippen molar-refractivity contribution < 1.29 is 9.53 Å². The molecule has 0 aliphatic heterocycles. The highest BCUT2D eigenvalue weighted by Gasteiger charge is 2.17. The largest absolute Gasteiger partial charge is 0.382 e. The van der Waals surface area contributed by atoms with Gasteiger partial charge in [-0.1, -0.05) is 0 Å². The highest BCUT2D eigenvalue weighted by Crippen LogP contribution is 2.30. The first-order valence-electron chi connectivity index (χ1n) is 7.52. The van der Waals surface area contributed by atoms with Gasteiger partial charge in [0.15, 0.2) is 10.9 Å². The predicted molar refractivity (Wildman–Crippen MR) is 91.0 cm³/mol. The van der Waals surface area contributed by atoms with Crippen molar-refractivity contribution in [2.45, 2.75) is 34.1 Å². The predicted octanol–water partition coefficient (Wildman–Crippen LogP) is 3.80. The van der Waals surface area contributed by atoms with Crippen LogP contribution in [0.5, 0.6) is 0 Å².